The van der Waals surface area contributed by atoms with Gasteiger partial charge in [0.15, 0.2) is 6.20 Å². The van der Waals surface area contributed by atoms with Gasteiger partial charge in [0.2, 0.25) is 5.69 Å². The molecule has 0 aliphatic heterocycles. The van der Waals surface area contributed by atoms with Gasteiger partial charge in [-0.15, -0.1) is 0 Å². The number of furan rings is 1. The molecule has 0 amide bonds. The highest BCUT2D eigenvalue weighted by Crippen LogP contribution is 2.41. The zero-order valence-corrected chi connectivity index (χ0v) is 16.3. The van der Waals surface area contributed by atoms with Gasteiger partial charge in [0.05, 0.1) is 18.0 Å². The number of pyridine rings is 1. The van der Waals surface area contributed by atoms with E-state index in [1.165, 1.54) is 6.07 Å². The molecule has 5 rings (SSSR count). The van der Waals surface area contributed by atoms with Gasteiger partial charge in [-0.25, -0.2) is 8.96 Å². The monoisotopic (exact) mass is 387 g/mol. The summed E-state index contributed by atoms with van der Waals surface area (Å²) in [5, 5.41) is 1.36. The van der Waals surface area contributed by atoms with Crippen LogP contribution in [0.15, 0.2) is 77.2 Å². The molecular formula is C26H21FNO+. The summed E-state index contributed by atoms with van der Waals surface area (Å²) in [6.07, 6.45) is 1.96. The SMILES string of the molecule is [2H]c1c([2H])c([2H])c(-c2c(F)ccc3c2oc2c(-c4cc(C)cc[n+]4C)c(C)ccc23)c([2H])c1[2H]. The Morgan fingerprint density at radius 2 is 1.59 bits per heavy atom. The van der Waals surface area contributed by atoms with Gasteiger partial charge in [0.1, 0.15) is 24.0 Å². The van der Waals surface area contributed by atoms with Crippen LogP contribution in [0.3, 0.4) is 0 Å². The summed E-state index contributed by atoms with van der Waals surface area (Å²) in [6, 6.07) is 8.26. The highest BCUT2D eigenvalue weighted by atomic mass is 19.1. The molecule has 3 aromatic carbocycles. The number of benzene rings is 3. The third-order valence-corrected chi connectivity index (χ3v) is 5.28. The van der Waals surface area contributed by atoms with E-state index in [2.05, 4.69) is 0 Å². The molecule has 5 aromatic rings. The quantitative estimate of drug-likeness (QED) is 0.316. The zero-order chi connectivity index (χ0) is 24.5. The summed E-state index contributed by atoms with van der Waals surface area (Å²) >= 11 is 0. The Morgan fingerprint density at radius 1 is 0.897 bits per heavy atom. The second-order valence-electron chi connectivity index (χ2n) is 7.24. The van der Waals surface area contributed by atoms with Crippen LogP contribution in [0.25, 0.3) is 44.3 Å². The van der Waals surface area contributed by atoms with Gasteiger partial charge in [0, 0.05) is 22.9 Å². The number of hydrogen-bond donors (Lipinski definition) is 0. The van der Waals surface area contributed by atoms with E-state index in [1.807, 2.05) is 55.9 Å². The Labute approximate surface area is 175 Å². The van der Waals surface area contributed by atoms with Crippen LogP contribution in [-0.2, 0) is 7.05 Å². The van der Waals surface area contributed by atoms with Crippen LogP contribution in [0.2, 0.25) is 0 Å². The van der Waals surface area contributed by atoms with Crippen LogP contribution >= 0.6 is 0 Å². The highest BCUT2D eigenvalue weighted by molar-refractivity contribution is 6.13. The van der Waals surface area contributed by atoms with Crippen LogP contribution in [0.4, 0.5) is 4.39 Å². The average Bonchev–Trinajstić information content (AvgIpc) is 3.18. The molecule has 3 heteroatoms. The van der Waals surface area contributed by atoms with Crippen LogP contribution in [0.1, 0.15) is 18.0 Å². The predicted molar refractivity (Wildman–Crippen MR) is 115 cm³/mol. The van der Waals surface area contributed by atoms with Crippen LogP contribution in [0.5, 0.6) is 0 Å². The van der Waals surface area contributed by atoms with Gasteiger partial charge >= 0.3 is 0 Å². The van der Waals surface area contributed by atoms with E-state index >= 15 is 4.39 Å². The second-order valence-corrected chi connectivity index (χ2v) is 7.24. The maximum Gasteiger partial charge on any atom is 0.216 e. The Morgan fingerprint density at radius 3 is 2.34 bits per heavy atom. The lowest BCUT2D eigenvalue weighted by Crippen LogP contribution is -2.30. The van der Waals surface area contributed by atoms with Gasteiger partial charge in [-0.05, 0) is 42.7 Å². The fraction of sp³-hybridized carbons (Fsp3) is 0.115. The van der Waals surface area contributed by atoms with Crippen molar-refractivity contribution >= 4 is 21.9 Å². The summed E-state index contributed by atoms with van der Waals surface area (Å²) in [6.45, 7) is 3.98. The molecule has 0 atom stereocenters. The van der Waals surface area contributed by atoms with E-state index in [0.717, 1.165) is 27.8 Å². The third kappa shape index (κ3) is 2.73. The summed E-state index contributed by atoms with van der Waals surface area (Å²) in [4.78, 5) is 0. The molecule has 0 fully saturated rings. The summed E-state index contributed by atoms with van der Waals surface area (Å²) < 4.78 is 64.2. The fourth-order valence-electron chi connectivity index (χ4n) is 3.83. The smallest absolute Gasteiger partial charge is 0.216 e. The molecule has 0 spiro atoms. The van der Waals surface area contributed by atoms with E-state index in [9.17, 15) is 0 Å². The summed E-state index contributed by atoms with van der Waals surface area (Å²) in [5.41, 5.74) is 4.17. The van der Waals surface area contributed by atoms with Crippen molar-refractivity contribution in [1.29, 1.82) is 0 Å². The van der Waals surface area contributed by atoms with Crippen LogP contribution in [0, 0.1) is 19.7 Å². The second kappa shape index (κ2) is 6.56. The molecule has 0 radical (unpaired) electrons. The lowest BCUT2D eigenvalue weighted by Gasteiger charge is -2.06. The van der Waals surface area contributed by atoms with E-state index in [0.29, 0.717) is 11.0 Å². The number of aromatic nitrogens is 1. The Balaban J connectivity index is 1.95. The predicted octanol–water partition coefficient (Wildman–Crippen LogP) is 6.50. The van der Waals surface area contributed by atoms with Crippen molar-refractivity contribution in [1.82, 2.24) is 0 Å². The molecule has 2 aromatic heterocycles. The lowest BCUT2D eigenvalue weighted by atomic mass is 9.98. The van der Waals surface area contributed by atoms with Crippen molar-refractivity contribution < 1.29 is 20.2 Å². The van der Waals surface area contributed by atoms with Gasteiger partial charge in [-0.1, -0.05) is 42.3 Å². The Hall–Kier alpha value is -3.46. The van der Waals surface area contributed by atoms with E-state index in [1.54, 1.807) is 6.07 Å². The minimum absolute atomic E-state index is 0.136. The number of halogens is 1. The molecule has 29 heavy (non-hydrogen) atoms. The van der Waals surface area contributed by atoms with Crippen molar-refractivity contribution in [2.75, 3.05) is 0 Å². The van der Waals surface area contributed by atoms with Gasteiger partial charge in [-0.3, -0.25) is 0 Å². The average molecular weight is 387 g/mol. The van der Waals surface area contributed by atoms with Crippen molar-refractivity contribution in [3.05, 3.63) is 89.8 Å². The van der Waals surface area contributed by atoms with Crippen LogP contribution < -0.4 is 4.57 Å². The third-order valence-electron chi connectivity index (χ3n) is 5.28. The van der Waals surface area contributed by atoms with Gasteiger partial charge in [0.25, 0.3) is 0 Å². The molecule has 0 bridgehead atoms. The number of aryl methyl sites for hydroxylation is 3. The van der Waals surface area contributed by atoms with Crippen molar-refractivity contribution in [2.45, 2.75) is 13.8 Å². The van der Waals surface area contributed by atoms with Crippen molar-refractivity contribution in [3.63, 3.8) is 0 Å². The molecule has 0 N–H and O–H groups in total. The highest BCUT2D eigenvalue weighted by Gasteiger charge is 2.23. The largest absolute Gasteiger partial charge is 0.454 e. The molecule has 0 aliphatic carbocycles. The van der Waals surface area contributed by atoms with Crippen LogP contribution in [-0.4, -0.2) is 0 Å². The summed E-state index contributed by atoms with van der Waals surface area (Å²) in [7, 11) is 1.94. The standard InChI is InChI=1S/C26H21FNO/c1-16-13-14-28(3)22(15-16)23-17(2)9-10-19-20-11-12-21(27)24(26(20)29-25(19)23)18-7-5-4-6-8-18/h4-15H,1-3H3/q+1/i4D,5D,6D,7D,8D. The number of nitrogens with zero attached hydrogens (tertiary/aromatic N) is 1. The molecule has 0 aliphatic rings. The molecule has 0 saturated heterocycles. The number of rotatable bonds is 2. The maximum atomic E-state index is 15.3. The molecular weight excluding hydrogens is 361 g/mol. The first-order valence-corrected chi connectivity index (χ1v) is 9.30. The van der Waals surface area contributed by atoms with E-state index < -0.39 is 36.0 Å². The molecule has 0 saturated carbocycles. The van der Waals surface area contributed by atoms with Gasteiger partial charge in [-0.2, -0.15) is 0 Å². The first-order valence-electron chi connectivity index (χ1n) is 11.8. The molecule has 142 valence electrons. The Kier molecular flexibility index (Phi) is 2.91. The lowest BCUT2D eigenvalue weighted by molar-refractivity contribution is -0.660. The van der Waals surface area contributed by atoms with E-state index in [4.69, 9.17) is 11.3 Å². The molecule has 0 unspecified atom stereocenters. The minimum atomic E-state index is -0.718. The number of fused-ring (bicyclic) bond motifs is 3. The van der Waals surface area contributed by atoms with Gasteiger partial charge < -0.3 is 4.42 Å². The first kappa shape index (κ1) is 12.9. The van der Waals surface area contributed by atoms with Crippen molar-refractivity contribution in [2.24, 2.45) is 7.05 Å². The Bertz CT molecular complexity index is 1630. The normalized spacial score (nSPS) is 13.9. The summed E-state index contributed by atoms with van der Waals surface area (Å²) in [5.74, 6) is -0.718. The zero-order valence-electron chi connectivity index (χ0n) is 21.3. The minimum Gasteiger partial charge on any atom is -0.454 e. The number of hydrogen-bond acceptors (Lipinski definition) is 1. The first-order chi connectivity index (χ1) is 16.1. The van der Waals surface area contributed by atoms with E-state index in [-0.39, 0.29) is 16.7 Å². The maximum absolute atomic E-state index is 15.3. The van der Waals surface area contributed by atoms with Crippen molar-refractivity contribution in [3.8, 4) is 22.4 Å². The molecule has 2 nitrogen and oxygen atoms in total. The molecule has 2 heterocycles. The fourth-order valence-corrected chi connectivity index (χ4v) is 3.83. The topological polar surface area (TPSA) is 17.0 Å².